The van der Waals surface area contributed by atoms with Gasteiger partial charge < -0.3 is 9.64 Å². The maximum absolute atomic E-state index is 12.6. The highest BCUT2D eigenvalue weighted by Crippen LogP contribution is 2.53. The first-order valence-corrected chi connectivity index (χ1v) is 6.74. The zero-order chi connectivity index (χ0) is 13.1. The van der Waals surface area contributed by atoms with E-state index in [1.54, 1.807) is 18.0 Å². The highest BCUT2D eigenvalue weighted by atomic mass is 79.9. The molecule has 2 aliphatic heterocycles. The van der Waals surface area contributed by atoms with Crippen LogP contribution in [0.15, 0.2) is 28.3 Å². The van der Waals surface area contributed by atoms with Crippen LogP contribution in [0.4, 0.5) is 5.69 Å². The monoisotopic (exact) mass is 327 g/mol. The Hall–Kier alpha value is -0.840. The van der Waals surface area contributed by atoms with E-state index in [-0.39, 0.29) is 5.91 Å². The first kappa shape index (κ1) is 12.2. The fourth-order valence-electron chi connectivity index (χ4n) is 2.67. The van der Waals surface area contributed by atoms with Crippen molar-refractivity contribution in [1.82, 2.24) is 0 Å². The van der Waals surface area contributed by atoms with E-state index in [0.717, 1.165) is 21.3 Å². The lowest BCUT2D eigenvalue weighted by atomic mass is 9.89. The van der Waals surface area contributed by atoms with Gasteiger partial charge in [-0.3, -0.25) is 4.79 Å². The largest absolute Gasteiger partial charge is 0.351 e. The number of benzene rings is 1. The van der Waals surface area contributed by atoms with Crippen LogP contribution in [0.3, 0.4) is 0 Å². The van der Waals surface area contributed by atoms with Gasteiger partial charge in [0, 0.05) is 17.1 Å². The zero-order valence-electron chi connectivity index (χ0n) is 9.96. The molecular weight excluding hydrogens is 318 g/mol. The molecule has 1 unspecified atom stereocenters. The van der Waals surface area contributed by atoms with E-state index in [1.165, 1.54) is 0 Å². The number of carbonyl (C=O) groups is 1. The summed E-state index contributed by atoms with van der Waals surface area (Å²) in [6, 6.07) is 5.53. The van der Waals surface area contributed by atoms with Crippen molar-refractivity contribution >= 4 is 39.1 Å². The molecule has 0 saturated heterocycles. The summed E-state index contributed by atoms with van der Waals surface area (Å²) in [6.45, 7) is 2.33. The third-order valence-corrected chi connectivity index (χ3v) is 4.79. The van der Waals surface area contributed by atoms with Gasteiger partial charge in [-0.05, 0) is 18.6 Å². The van der Waals surface area contributed by atoms with E-state index in [0.29, 0.717) is 11.6 Å². The normalized spacial score (nSPS) is 26.4. The topological polar surface area (TPSA) is 29.5 Å². The minimum absolute atomic E-state index is 0.0856. The van der Waals surface area contributed by atoms with Gasteiger partial charge in [0.1, 0.15) is 0 Å². The van der Waals surface area contributed by atoms with Gasteiger partial charge in [-0.15, -0.1) is 0 Å². The number of halogens is 2. The number of hydrogen-bond acceptors (Lipinski definition) is 2. The number of fused-ring (bicyclic) bond motifs is 2. The van der Waals surface area contributed by atoms with Crippen molar-refractivity contribution in [3.8, 4) is 0 Å². The molecule has 5 heteroatoms. The molecular formula is C13H11BrClNO2. The molecule has 0 aliphatic carbocycles. The molecule has 0 radical (unpaired) electrons. The summed E-state index contributed by atoms with van der Waals surface area (Å²) < 4.78 is 6.75. The van der Waals surface area contributed by atoms with Gasteiger partial charge in [0.25, 0.3) is 5.91 Å². The van der Waals surface area contributed by atoms with Crippen molar-refractivity contribution in [3.05, 3.63) is 38.8 Å². The summed E-state index contributed by atoms with van der Waals surface area (Å²) in [4.78, 5) is 14.2. The Morgan fingerprint density at radius 3 is 2.83 bits per heavy atom. The second kappa shape index (κ2) is 3.83. The predicted molar refractivity (Wildman–Crippen MR) is 74.1 cm³/mol. The number of hydrogen-bond donors (Lipinski definition) is 0. The lowest BCUT2D eigenvalue weighted by molar-refractivity contribution is -0.135. The first-order chi connectivity index (χ1) is 8.50. The van der Waals surface area contributed by atoms with Crippen LogP contribution in [-0.2, 0) is 15.1 Å². The fourth-order valence-corrected chi connectivity index (χ4v) is 3.37. The van der Waals surface area contributed by atoms with Crippen molar-refractivity contribution < 1.29 is 9.53 Å². The van der Waals surface area contributed by atoms with Crippen LogP contribution in [0.1, 0.15) is 12.5 Å². The number of carbonyl (C=O) groups excluding carboxylic acids is 1. The Morgan fingerprint density at radius 2 is 2.22 bits per heavy atom. The Labute approximate surface area is 118 Å². The lowest BCUT2D eigenvalue weighted by Gasteiger charge is -2.23. The van der Waals surface area contributed by atoms with E-state index in [4.69, 9.17) is 16.3 Å². The van der Waals surface area contributed by atoms with Gasteiger partial charge in [0.05, 0.1) is 17.3 Å². The van der Waals surface area contributed by atoms with Gasteiger partial charge in [0.15, 0.2) is 5.60 Å². The zero-order valence-corrected chi connectivity index (χ0v) is 12.3. The number of ether oxygens (including phenoxy) is 1. The average Bonchev–Trinajstić information content (AvgIpc) is 2.76. The van der Waals surface area contributed by atoms with Crippen LogP contribution in [0, 0.1) is 0 Å². The Kier molecular flexibility index (Phi) is 2.59. The summed E-state index contributed by atoms with van der Waals surface area (Å²) in [7, 11) is 1.73. The molecule has 0 aromatic heterocycles. The minimum Gasteiger partial charge on any atom is -0.351 e. The summed E-state index contributed by atoms with van der Waals surface area (Å²) in [5.41, 5.74) is 1.48. The second-order valence-corrected chi connectivity index (χ2v) is 5.86. The number of nitrogens with zero attached hydrogens (tertiary/aromatic N) is 1. The van der Waals surface area contributed by atoms with Gasteiger partial charge in [-0.2, -0.15) is 0 Å². The first-order valence-electron chi connectivity index (χ1n) is 5.57. The molecule has 1 amide bonds. The number of amides is 1. The fraction of sp³-hybridized carbons (Fsp3) is 0.308. The van der Waals surface area contributed by atoms with E-state index >= 15 is 0 Å². The summed E-state index contributed by atoms with van der Waals surface area (Å²) in [5, 5.41) is 0.569. The quantitative estimate of drug-likeness (QED) is 0.732. The smallest absolute Gasteiger partial charge is 0.268 e. The van der Waals surface area contributed by atoms with Crippen LogP contribution >= 0.6 is 27.5 Å². The third kappa shape index (κ3) is 1.26. The van der Waals surface area contributed by atoms with Crippen molar-refractivity contribution in [2.24, 2.45) is 0 Å². The number of para-hydroxylation sites is 1. The minimum atomic E-state index is -0.992. The highest BCUT2D eigenvalue weighted by Gasteiger charge is 2.56. The summed E-state index contributed by atoms with van der Waals surface area (Å²) in [6.07, 6.45) is 0. The number of likely N-dealkylation sites (N-methyl/N-ethyl adjacent to an activating group) is 1. The Balaban J connectivity index is 2.33. The molecule has 2 heterocycles. The van der Waals surface area contributed by atoms with Crippen molar-refractivity contribution in [1.29, 1.82) is 0 Å². The van der Waals surface area contributed by atoms with Crippen LogP contribution in [0.2, 0.25) is 5.02 Å². The number of rotatable bonds is 0. The van der Waals surface area contributed by atoms with Gasteiger partial charge >= 0.3 is 0 Å². The van der Waals surface area contributed by atoms with Gasteiger partial charge in [-0.25, -0.2) is 0 Å². The Morgan fingerprint density at radius 1 is 1.50 bits per heavy atom. The molecule has 1 atom stereocenters. The third-order valence-electron chi connectivity index (χ3n) is 3.66. The molecule has 0 saturated carbocycles. The average molecular weight is 329 g/mol. The Bertz CT molecular complexity index is 599. The van der Waals surface area contributed by atoms with Gasteiger partial charge in [0.2, 0.25) is 0 Å². The van der Waals surface area contributed by atoms with Crippen LogP contribution in [0.25, 0.3) is 0 Å². The second-order valence-electron chi connectivity index (χ2n) is 4.50. The number of anilines is 1. The molecule has 3 rings (SSSR count). The molecule has 1 aromatic rings. The molecule has 0 bridgehead atoms. The maximum atomic E-state index is 12.6. The molecule has 1 aromatic carbocycles. The molecule has 2 aliphatic rings. The predicted octanol–water partition coefficient (Wildman–Crippen LogP) is 3.21. The summed E-state index contributed by atoms with van der Waals surface area (Å²) in [5.74, 6) is -0.0856. The molecule has 94 valence electrons. The molecule has 1 spiro atoms. The van der Waals surface area contributed by atoms with Crippen molar-refractivity contribution in [3.63, 3.8) is 0 Å². The molecule has 3 nitrogen and oxygen atoms in total. The summed E-state index contributed by atoms with van der Waals surface area (Å²) >= 11 is 9.66. The van der Waals surface area contributed by atoms with E-state index in [1.807, 2.05) is 19.1 Å². The van der Waals surface area contributed by atoms with Crippen molar-refractivity contribution in [2.45, 2.75) is 12.5 Å². The maximum Gasteiger partial charge on any atom is 0.268 e. The lowest BCUT2D eigenvalue weighted by Crippen LogP contribution is -2.39. The highest BCUT2D eigenvalue weighted by molar-refractivity contribution is 9.11. The van der Waals surface area contributed by atoms with Gasteiger partial charge in [-0.1, -0.05) is 39.7 Å². The molecule has 0 fully saturated rings. The van der Waals surface area contributed by atoms with Crippen LogP contribution in [-0.4, -0.2) is 19.6 Å². The van der Waals surface area contributed by atoms with E-state index in [9.17, 15) is 4.79 Å². The molecule has 0 N–H and O–H groups in total. The van der Waals surface area contributed by atoms with E-state index < -0.39 is 5.60 Å². The molecule has 18 heavy (non-hydrogen) atoms. The van der Waals surface area contributed by atoms with Crippen LogP contribution in [0.5, 0.6) is 0 Å². The van der Waals surface area contributed by atoms with Crippen molar-refractivity contribution in [2.75, 3.05) is 18.6 Å². The van der Waals surface area contributed by atoms with E-state index in [2.05, 4.69) is 15.9 Å². The SMILES string of the molecule is CC1=C(Br)COC12C(=O)N(C)c1c(Cl)cccc12. The standard InChI is InChI=1S/C13H11BrClNO2/c1-7-9(14)6-18-13(7)8-4-3-5-10(15)11(8)16(2)12(13)17/h3-5H,6H2,1-2H3. The van der Waals surface area contributed by atoms with Crippen LogP contribution < -0.4 is 4.90 Å².